The molecule has 0 radical (unpaired) electrons. The van der Waals surface area contributed by atoms with Gasteiger partial charge in [-0.25, -0.2) is 4.98 Å². The van der Waals surface area contributed by atoms with Crippen LogP contribution < -0.4 is 5.32 Å². The second-order valence-corrected chi connectivity index (χ2v) is 5.24. The molecule has 2 aromatic heterocycles. The molecule has 2 N–H and O–H groups in total. The fourth-order valence-corrected chi connectivity index (χ4v) is 2.32. The molecule has 0 saturated heterocycles. The summed E-state index contributed by atoms with van der Waals surface area (Å²) in [5, 5.41) is 16.2. The van der Waals surface area contributed by atoms with Crippen LogP contribution >= 0.6 is 0 Å². The number of nitrogens with zero attached hydrogens (tertiary/aromatic N) is 4. The average molecular weight is 287 g/mol. The van der Waals surface area contributed by atoms with Gasteiger partial charge in [-0.1, -0.05) is 0 Å². The second-order valence-electron chi connectivity index (χ2n) is 5.24. The number of pyridine rings is 1. The van der Waals surface area contributed by atoms with Gasteiger partial charge >= 0.3 is 0 Å². The molecule has 110 valence electrons. The number of aliphatic hydroxyl groups is 1. The molecule has 1 aliphatic rings. The lowest BCUT2D eigenvalue weighted by Gasteiger charge is -2.17. The van der Waals surface area contributed by atoms with Gasteiger partial charge in [0.25, 0.3) is 5.91 Å². The van der Waals surface area contributed by atoms with Gasteiger partial charge in [-0.2, -0.15) is 5.10 Å². The molecule has 2 aromatic rings. The molecule has 7 nitrogen and oxygen atoms in total. The van der Waals surface area contributed by atoms with Crippen LogP contribution in [0.2, 0.25) is 0 Å². The Morgan fingerprint density at radius 3 is 2.95 bits per heavy atom. The van der Waals surface area contributed by atoms with E-state index in [-0.39, 0.29) is 18.6 Å². The summed E-state index contributed by atoms with van der Waals surface area (Å²) in [7, 11) is 1.81. The highest BCUT2D eigenvalue weighted by molar-refractivity contribution is 5.92. The van der Waals surface area contributed by atoms with Gasteiger partial charge in [0.05, 0.1) is 12.6 Å². The van der Waals surface area contributed by atoms with Crippen LogP contribution in [0.25, 0.3) is 0 Å². The Kier molecular flexibility index (Phi) is 3.66. The van der Waals surface area contributed by atoms with Crippen molar-refractivity contribution in [3.8, 4) is 0 Å². The van der Waals surface area contributed by atoms with Crippen LogP contribution in [0.5, 0.6) is 0 Å². The van der Waals surface area contributed by atoms with E-state index in [1.54, 1.807) is 16.8 Å². The van der Waals surface area contributed by atoms with E-state index in [1.807, 2.05) is 7.05 Å². The molecule has 1 atom stereocenters. The van der Waals surface area contributed by atoms with Crippen LogP contribution in [0.1, 0.15) is 40.8 Å². The predicted molar refractivity (Wildman–Crippen MR) is 74.1 cm³/mol. The van der Waals surface area contributed by atoms with Crippen molar-refractivity contribution in [1.29, 1.82) is 0 Å². The van der Waals surface area contributed by atoms with Gasteiger partial charge in [0.15, 0.2) is 0 Å². The summed E-state index contributed by atoms with van der Waals surface area (Å²) in [6, 6.07) is 3.12. The molecular formula is C14H17N5O2. The van der Waals surface area contributed by atoms with Crippen LogP contribution in [-0.2, 0) is 13.7 Å². The van der Waals surface area contributed by atoms with Gasteiger partial charge in [-0.05, 0) is 36.5 Å². The first-order valence-electron chi connectivity index (χ1n) is 6.89. The van der Waals surface area contributed by atoms with Gasteiger partial charge in [0, 0.05) is 13.2 Å². The van der Waals surface area contributed by atoms with Crippen molar-refractivity contribution < 1.29 is 9.90 Å². The number of hydrogen-bond donors (Lipinski definition) is 2. The first kappa shape index (κ1) is 13.7. The average Bonchev–Trinajstić information content (AvgIpc) is 3.26. The smallest absolute Gasteiger partial charge is 0.270 e. The molecule has 1 aliphatic carbocycles. The number of nitrogens with one attached hydrogen (secondary N) is 1. The first-order chi connectivity index (χ1) is 10.2. The standard InChI is InChI=1S/C14H17N5O2/c1-19-13(16-8-17-19)12(10-2-3-10)18-14(21)11-6-9(7-20)4-5-15-11/h4-6,8,10,12,20H,2-3,7H2,1H3,(H,18,21)/t12-/m0/s1. The maximum absolute atomic E-state index is 12.3. The quantitative estimate of drug-likeness (QED) is 0.839. The molecule has 7 heteroatoms. The SMILES string of the molecule is Cn1ncnc1[C@@H](NC(=O)c1cc(CO)ccn1)C1CC1. The van der Waals surface area contributed by atoms with Gasteiger partial charge in [0.1, 0.15) is 17.8 Å². The zero-order chi connectivity index (χ0) is 14.8. The maximum atomic E-state index is 12.3. The number of rotatable bonds is 5. The number of hydrogen-bond acceptors (Lipinski definition) is 5. The third kappa shape index (κ3) is 2.92. The lowest BCUT2D eigenvalue weighted by atomic mass is 10.1. The van der Waals surface area contributed by atoms with Crippen molar-refractivity contribution in [2.75, 3.05) is 0 Å². The number of carbonyl (C=O) groups is 1. The number of aromatic nitrogens is 4. The number of amides is 1. The van der Waals surface area contributed by atoms with Crippen LogP contribution in [0.3, 0.4) is 0 Å². The Labute approximate surface area is 122 Å². The second kappa shape index (κ2) is 5.61. The molecule has 0 bridgehead atoms. The van der Waals surface area contributed by atoms with E-state index in [4.69, 9.17) is 5.11 Å². The van der Waals surface area contributed by atoms with Crippen molar-refractivity contribution in [2.24, 2.45) is 13.0 Å². The maximum Gasteiger partial charge on any atom is 0.270 e. The van der Waals surface area contributed by atoms with Crippen LogP contribution in [0.15, 0.2) is 24.7 Å². The van der Waals surface area contributed by atoms with Crippen LogP contribution in [-0.4, -0.2) is 30.8 Å². The minimum absolute atomic E-state index is 0.113. The molecule has 0 aliphatic heterocycles. The third-order valence-corrected chi connectivity index (χ3v) is 3.64. The Morgan fingerprint density at radius 1 is 1.52 bits per heavy atom. The minimum atomic E-state index is -0.259. The Morgan fingerprint density at radius 2 is 2.33 bits per heavy atom. The summed E-state index contributed by atoms with van der Waals surface area (Å²) in [5.41, 5.74) is 0.964. The zero-order valence-electron chi connectivity index (χ0n) is 11.7. The summed E-state index contributed by atoms with van der Waals surface area (Å²) in [6.07, 6.45) is 5.15. The summed E-state index contributed by atoms with van der Waals surface area (Å²) in [4.78, 5) is 20.6. The molecular weight excluding hydrogens is 270 g/mol. The van der Waals surface area contributed by atoms with Crippen molar-refractivity contribution in [1.82, 2.24) is 25.1 Å². The van der Waals surface area contributed by atoms with E-state index >= 15 is 0 Å². The number of aryl methyl sites for hydroxylation is 1. The topological polar surface area (TPSA) is 92.9 Å². The normalized spacial score (nSPS) is 15.7. The highest BCUT2D eigenvalue weighted by Crippen LogP contribution is 2.40. The summed E-state index contributed by atoms with van der Waals surface area (Å²) in [5.74, 6) is 0.896. The molecule has 2 heterocycles. The van der Waals surface area contributed by atoms with Crippen LogP contribution in [0.4, 0.5) is 0 Å². The highest BCUT2D eigenvalue weighted by Gasteiger charge is 2.36. The number of aliphatic hydroxyl groups excluding tert-OH is 1. The van der Waals surface area contributed by atoms with Crippen LogP contribution in [0, 0.1) is 5.92 Å². The molecule has 0 aromatic carbocycles. The molecule has 0 unspecified atom stereocenters. The lowest BCUT2D eigenvalue weighted by molar-refractivity contribution is 0.0923. The van der Waals surface area contributed by atoms with Gasteiger partial charge in [-0.3, -0.25) is 14.5 Å². The van der Waals surface area contributed by atoms with E-state index < -0.39 is 0 Å². The Hall–Kier alpha value is -2.28. The molecule has 1 amide bonds. The van der Waals surface area contributed by atoms with Gasteiger partial charge < -0.3 is 10.4 Å². The van der Waals surface area contributed by atoms with Crippen molar-refractivity contribution in [3.05, 3.63) is 41.7 Å². The molecule has 21 heavy (non-hydrogen) atoms. The minimum Gasteiger partial charge on any atom is -0.392 e. The van der Waals surface area contributed by atoms with E-state index in [1.165, 1.54) is 12.5 Å². The first-order valence-corrected chi connectivity index (χ1v) is 6.89. The summed E-state index contributed by atoms with van der Waals surface area (Å²) < 4.78 is 1.68. The molecule has 3 rings (SSSR count). The highest BCUT2D eigenvalue weighted by atomic mass is 16.3. The summed E-state index contributed by atoms with van der Waals surface area (Å²) >= 11 is 0. The van der Waals surface area contributed by atoms with E-state index in [2.05, 4.69) is 20.4 Å². The van der Waals surface area contributed by atoms with Crippen molar-refractivity contribution >= 4 is 5.91 Å². The predicted octanol–water partition coefficient (Wildman–Crippen LogP) is 0.583. The molecule has 1 fully saturated rings. The number of carbonyl (C=O) groups excluding carboxylic acids is 1. The fourth-order valence-electron chi connectivity index (χ4n) is 2.32. The molecule has 1 saturated carbocycles. The van der Waals surface area contributed by atoms with E-state index in [9.17, 15) is 4.79 Å². The van der Waals surface area contributed by atoms with Gasteiger partial charge in [0.2, 0.25) is 0 Å². The largest absolute Gasteiger partial charge is 0.392 e. The monoisotopic (exact) mass is 287 g/mol. The van der Waals surface area contributed by atoms with Crippen molar-refractivity contribution in [3.63, 3.8) is 0 Å². The summed E-state index contributed by atoms with van der Waals surface area (Å²) in [6.45, 7) is -0.113. The van der Waals surface area contributed by atoms with E-state index in [0.29, 0.717) is 17.2 Å². The molecule has 0 spiro atoms. The van der Waals surface area contributed by atoms with E-state index in [0.717, 1.165) is 18.7 Å². The lowest BCUT2D eigenvalue weighted by Crippen LogP contribution is -2.32. The Bertz CT molecular complexity index is 650. The Balaban J connectivity index is 1.79. The van der Waals surface area contributed by atoms with Gasteiger partial charge in [-0.15, -0.1) is 0 Å². The fraction of sp³-hybridized carbons (Fsp3) is 0.429. The zero-order valence-corrected chi connectivity index (χ0v) is 11.7. The third-order valence-electron chi connectivity index (χ3n) is 3.64. The van der Waals surface area contributed by atoms with Crippen molar-refractivity contribution in [2.45, 2.75) is 25.5 Å².